The first-order valence-electron chi connectivity index (χ1n) is 20.4. The van der Waals surface area contributed by atoms with Crippen molar-refractivity contribution in [1.82, 2.24) is 9.13 Å². The Morgan fingerprint density at radius 3 is 1.37 bits per heavy atom. The lowest BCUT2D eigenvalue weighted by atomic mass is 9.68. The highest BCUT2D eigenvalue weighted by molar-refractivity contribution is 6.14. The van der Waals surface area contributed by atoms with Gasteiger partial charge in [0.25, 0.3) is 0 Å². The molecule has 9 aromatic carbocycles. The van der Waals surface area contributed by atoms with Crippen LogP contribution in [0.3, 0.4) is 0 Å². The molecule has 2 aromatic heterocycles. The SMILES string of the molecule is CC1(c2ccccc2)c2ccc3c4ccccc4n(-c4ccc(-c5ccccc5)cc4)c3c2Oc2ccc3c4ccccc4n(-c4ccc(-c5ccccc5)cc4)c3c21. The standard InChI is InChI=1S/C56H38N2O/c1-56(41-19-9-4-10-20-41)48-35-33-47-45-22-12-14-24-50(45)58(43-31-27-40(28-32-43)38-17-7-3-8-18-38)54(47)55(48)59-51-36-34-46-44-21-11-13-23-49(44)57(53(46)52(51)56)42-29-25-39(26-30-42)37-15-5-2-6-16-37/h2-36H,1H3. The van der Waals surface area contributed by atoms with Crippen molar-refractivity contribution in [3.63, 3.8) is 0 Å². The van der Waals surface area contributed by atoms with Gasteiger partial charge in [0.15, 0.2) is 5.75 Å². The van der Waals surface area contributed by atoms with Crippen LogP contribution < -0.4 is 4.74 Å². The Morgan fingerprint density at radius 2 is 0.814 bits per heavy atom. The van der Waals surface area contributed by atoms with Crippen LogP contribution in [0, 0.1) is 0 Å². The number of benzene rings is 9. The Hall–Kier alpha value is -7.62. The molecule has 1 unspecified atom stereocenters. The summed E-state index contributed by atoms with van der Waals surface area (Å²) < 4.78 is 12.3. The lowest BCUT2D eigenvalue weighted by molar-refractivity contribution is 0.433. The molecular weight excluding hydrogens is 717 g/mol. The van der Waals surface area contributed by atoms with Gasteiger partial charge in [-0.05, 0) is 83.3 Å². The van der Waals surface area contributed by atoms with Crippen LogP contribution in [0.2, 0.25) is 0 Å². The maximum atomic E-state index is 7.43. The summed E-state index contributed by atoms with van der Waals surface area (Å²) in [5.41, 5.74) is 14.4. The van der Waals surface area contributed by atoms with E-state index < -0.39 is 5.41 Å². The van der Waals surface area contributed by atoms with E-state index in [0.29, 0.717) is 0 Å². The molecule has 0 saturated carbocycles. The fourth-order valence-electron chi connectivity index (χ4n) is 9.85. The average Bonchev–Trinajstić information content (AvgIpc) is 3.83. The molecule has 0 fully saturated rings. The van der Waals surface area contributed by atoms with E-state index in [2.05, 4.69) is 228 Å². The number of hydrogen-bond acceptors (Lipinski definition) is 1. The van der Waals surface area contributed by atoms with E-state index in [-0.39, 0.29) is 0 Å². The molecular formula is C56H38N2O. The summed E-state index contributed by atoms with van der Waals surface area (Å²) in [5, 5.41) is 4.78. The molecule has 0 spiro atoms. The van der Waals surface area contributed by atoms with Crippen LogP contribution in [0.4, 0.5) is 0 Å². The lowest BCUT2D eigenvalue weighted by Gasteiger charge is -2.39. The minimum absolute atomic E-state index is 0.591. The highest BCUT2D eigenvalue weighted by atomic mass is 16.5. The van der Waals surface area contributed by atoms with E-state index in [1.165, 1.54) is 54.9 Å². The summed E-state index contributed by atoms with van der Waals surface area (Å²) in [4.78, 5) is 0. The quantitative estimate of drug-likeness (QED) is 0.171. The minimum atomic E-state index is -0.591. The second kappa shape index (κ2) is 13.0. The van der Waals surface area contributed by atoms with Gasteiger partial charge in [-0.3, -0.25) is 0 Å². The Kier molecular flexibility index (Phi) is 7.36. The van der Waals surface area contributed by atoms with Crippen molar-refractivity contribution < 1.29 is 4.74 Å². The summed E-state index contributed by atoms with van der Waals surface area (Å²) >= 11 is 0. The molecule has 0 N–H and O–H groups in total. The molecule has 3 heterocycles. The summed E-state index contributed by atoms with van der Waals surface area (Å²) in [7, 11) is 0. The zero-order valence-corrected chi connectivity index (χ0v) is 32.5. The minimum Gasteiger partial charge on any atom is -0.454 e. The maximum absolute atomic E-state index is 7.43. The van der Waals surface area contributed by atoms with Gasteiger partial charge in [0.2, 0.25) is 0 Å². The Labute approximate surface area is 342 Å². The molecule has 3 heteroatoms. The van der Waals surface area contributed by atoms with Gasteiger partial charge in [0, 0.05) is 44.0 Å². The van der Waals surface area contributed by atoms with Gasteiger partial charge in [0.05, 0.1) is 27.5 Å². The molecule has 0 aliphatic carbocycles. The first-order valence-corrected chi connectivity index (χ1v) is 20.4. The summed E-state index contributed by atoms with van der Waals surface area (Å²) in [6.45, 7) is 2.40. The number of fused-ring (bicyclic) bond motifs is 10. The third-order valence-corrected chi connectivity index (χ3v) is 12.7. The van der Waals surface area contributed by atoms with Crippen molar-refractivity contribution in [1.29, 1.82) is 0 Å². The average molecular weight is 755 g/mol. The molecule has 3 nitrogen and oxygen atoms in total. The van der Waals surface area contributed by atoms with E-state index in [1.807, 2.05) is 0 Å². The molecule has 1 aliphatic heterocycles. The van der Waals surface area contributed by atoms with E-state index in [9.17, 15) is 0 Å². The van der Waals surface area contributed by atoms with Crippen LogP contribution in [0.1, 0.15) is 23.6 Å². The summed E-state index contributed by atoms with van der Waals surface area (Å²) in [6.07, 6.45) is 0. The van der Waals surface area contributed by atoms with Crippen molar-refractivity contribution in [2.75, 3.05) is 0 Å². The van der Waals surface area contributed by atoms with Gasteiger partial charge in [-0.2, -0.15) is 0 Å². The molecule has 278 valence electrons. The first kappa shape index (κ1) is 33.5. The summed E-state index contributed by atoms with van der Waals surface area (Å²) in [6, 6.07) is 76.7. The zero-order valence-electron chi connectivity index (χ0n) is 32.5. The van der Waals surface area contributed by atoms with Crippen LogP contribution in [-0.2, 0) is 5.41 Å². The van der Waals surface area contributed by atoms with E-state index in [0.717, 1.165) is 50.6 Å². The smallest absolute Gasteiger partial charge is 0.156 e. The fraction of sp³-hybridized carbons (Fsp3) is 0.0357. The van der Waals surface area contributed by atoms with Crippen molar-refractivity contribution in [2.24, 2.45) is 0 Å². The van der Waals surface area contributed by atoms with Gasteiger partial charge in [-0.25, -0.2) is 0 Å². The van der Waals surface area contributed by atoms with E-state index in [1.54, 1.807) is 0 Å². The molecule has 0 radical (unpaired) electrons. The first-order chi connectivity index (χ1) is 29.2. The van der Waals surface area contributed by atoms with Crippen LogP contribution in [0.15, 0.2) is 212 Å². The van der Waals surface area contributed by atoms with Crippen molar-refractivity contribution in [3.05, 3.63) is 229 Å². The molecule has 1 aliphatic rings. The van der Waals surface area contributed by atoms with Gasteiger partial charge in [-0.15, -0.1) is 0 Å². The Morgan fingerprint density at radius 1 is 0.373 bits per heavy atom. The van der Waals surface area contributed by atoms with Crippen LogP contribution in [0.25, 0.3) is 77.2 Å². The van der Waals surface area contributed by atoms with Gasteiger partial charge >= 0.3 is 0 Å². The van der Waals surface area contributed by atoms with Crippen LogP contribution in [0.5, 0.6) is 11.5 Å². The fourth-order valence-corrected chi connectivity index (χ4v) is 9.85. The van der Waals surface area contributed by atoms with Crippen LogP contribution in [-0.4, -0.2) is 9.13 Å². The Bertz CT molecular complexity index is 3380. The molecule has 1 atom stereocenters. The zero-order chi connectivity index (χ0) is 39.1. The highest BCUT2D eigenvalue weighted by Crippen LogP contribution is 2.57. The second-order valence-electron chi connectivity index (χ2n) is 15.8. The van der Waals surface area contributed by atoms with Crippen molar-refractivity contribution in [3.8, 4) is 45.1 Å². The van der Waals surface area contributed by atoms with Gasteiger partial charge < -0.3 is 13.9 Å². The number of rotatable bonds is 5. The van der Waals surface area contributed by atoms with Gasteiger partial charge in [-0.1, -0.05) is 164 Å². The topological polar surface area (TPSA) is 19.1 Å². The van der Waals surface area contributed by atoms with Crippen molar-refractivity contribution in [2.45, 2.75) is 12.3 Å². The van der Waals surface area contributed by atoms with Gasteiger partial charge in [0.1, 0.15) is 5.75 Å². The predicted molar refractivity (Wildman–Crippen MR) is 245 cm³/mol. The summed E-state index contributed by atoms with van der Waals surface area (Å²) in [5.74, 6) is 1.75. The van der Waals surface area contributed by atoms with E-state index in [4.69, 9.17) is 4.74 Å². The number of nitrogens with zero attached hydrogens (tertiary/aromatic N) is 2. The third kappa shape index (κ3) is 4.95. The van der Waals surface area contributed by atoms with Crippen molar-refractivity contribution >= 4 is 43.6 Å². The highest BCUT2D eigenvalue weighted by Gasteiger charge is 2.44. The van der Waals surface area contributed by atoms with E-state index >= 15 is 0 Å². The predicted octanol–water partition coefficient (Wildman–Crippen LogP) is 14.7. The molecule has 0 amide bonds. The molecule has 12 rings (SSSR count). The molecule has 0 bridgehead atoms. The number of hydrogen-bond donors (Lipinski definition) is 0. The number of aromatic nitrogens is 2. The largest absolute Gasteiger partial charge is 0.454 e. The van der Waals surface area contributed by atoms with Crippen LogP contribution >= 0.6 is 0 Å². The number of para-hydroxylation sites is 2. The molecule has 59 heavy (non-hydrogen) atoms. The molecule has 11 aromatic rings. The maximum Gasteiger partial charge on any atom is 0.156 e. The normalized spacial score (nSPS) is 14.7. The second-order valence-corrected chi connectivity index (χ2v) is 15.8. The molecule has 0 saturated heterocycles. The monoisotopic (exact) mass is 754 g/mol. The third-order valence-electron chi connectivity index (χ3n) is 12.7. The Balaban J connectivity index is 1.14. The lowest BCUT2D eigenvalue weighted by Crippen LogP contribution is -2.30. The number of ether oxygens (including phenoxy) is 1.